The molecular formula is C11H23N3O. The van der Waals surface area contributed by atoms with Crippen LogP contribution in [0.25, 0.3) is 0 Å². The summed E-state index contributed by atoms with van der Waals surface area (Å²) in [5.74, 6) is 0.627. The van der Waals surface area contributed by atoms with Gasteiger partial charge in [0.05, 0.1) is 11.2 Å². The maximum atomic E-state index is 5.97. The Labute approximate surface area is 92.5 Å². The molecule has 2 N–H and O–H groups in total. The summed E-state index contributed by atoms with van der Waals surface area (Å²) < 4.78 is 5.97. The van der Waals surface area contributed by atoms with Crippen LogP contribution >= 0.6 is 0 Å². The molecule has 1 rings (SSSR count). The van der Waals surface area contributed by atoms with Crippen LogP contribution in [0, 0.1) is 0 Å². The first-order valence-corrected chi connectivity index (χ1v) is 5.51. The Morgan fingerprint density at radius 1 is 1.27 bits per heavy atom. The average molecular weight is 213 g/mol. The van der Waals surface area contributed by atoms with E-state index in [1.54, 1.807) is 0 Å². The third-order valence-electron chi connectivity index (χ3n) is 2.34. The van der Waals surface area contributed by atoms with Gasteiger partial charge in [0.25, 0.3) is 0 Å². The van der Waals surface area contributed by atoms with E-state index in [1.165, 1.54) is 0 Å². The van der Waals surface area contributed by atoms with E-state index in [9.17, 15) is 0 Å². The molecule has 1 saturated heterocycles. The number of nitrogens with zero attached hydrogens (tertiary/aromatic N) is 2. The highest BCUT2D eigenvalue weighted by Gasteiger charge is 2.38. The number of ether oxygens (including phenoxy) is 1. The standard InChI is InChI=1S/C11H23N3O/c1-6-13-9(12)14-7-10(2,3)15-11(4,5)8-14/h6-8H2,1-5H3,(H2,12,13). The summed E-state index contributed by atoms with van der Waals surface area (Å²) in [6.45, 7) is 12.6. The van der Waals surface area contributed by atoms with Crippen molar-refractivity contribution in [3.05, 3.63) is 0 Å². The SMILES string of the molecule is CCN=C(N)N1CC(C)(C)OC(C)(C)C1. The van der Waals surface area contributed by atoms with Crippen molar-refractivity contribution < 1.29 is 4.74 Å². The van der Waals surface area contributed by atoms with E-state index in [1.807, 2.05) is 6.92 Å². The van der Waals surface area contributed by atoms with Crippen LogP contribution in [0.4, 0.5) is 0 Å². The smallest absolute Gasteiger partial charge is 0.191 e. The Morgan fingerprint density at radius 2 is 1.73 bits per heavy atom. The Balaban J connectivity index is 2.80. The van der Waals surface area contributed by atoms with Gasteiger partial charge in [-0.3, -0.25) is 4.99 Å². The maximum absolute atomic E-state index is 5.97. The molecule has 1 heterocycles. The van der Waals surface area contributed by atoms with Gasteiger partial charge in [-0.05, 0) is 34.6 Å². The molecule has 0 spiro atoms. The molecule has 0 bridgehead atoms. The Bertz CT molecular complexity index is 243. The van der Waals surface area contributed by atoms with Crippen LogP contribution in [0.5, 0.6) is 0 Å². The van der Waals surface area contributed by atoms with Gasteiger partial charge in [0.1, 0.15) is 0 Å². The van der Waals surface area contributed by atoms with Crippen LogP contribution in [0.3, 0.4) is 0 Å². The first-order valence-electron chi connectivity index (χ1n) is 5.51. The third-order valence-corrected chi connectivity index (χ3v) is 2.34. The Morgan fingerprint density at radius 3 is 2.13 bits per heavy atom. The molecule has 0 aromatic carbocycles. The summed E-state index contributed by atoms with van der Waals surface area (Å²) in [5.41, 5.74) is 5.58. The molecule has 0 aliphatic carbocycles. The number of morpholine rings is 1. The van der Waals surface area contributed by atoms with E-state index in [2.05, 4.69) is 37.6 Å². The van der Waals surface area contributed by atoms with E-state index in [0.29, 0.717) is 5.96 Å². The predicted octanol–water partition coefficient (Wildman–Crippen LogP) is 1.21. The highest BCUT2D eigenvalue weighted by molar-refractivity contribution is 5.78. The van der Waals surface area contributed by atoms with Crippen LogP contribution in [-0.2, 0) is 4.74 Å². The van der Waals surface area contributed by atoms with Gasteiger partial charge in [0.2, 0.25) is 0 Å². The molecule has 4 heteroatoms. The summed E-state index contributed by atoms with van der Waals surface area (Å²) in [6, 6.07) is 0. The number of hydrogen-bond donors (Lipinski definition) is 1. The minimum absolute atomic E-state index is 0.171. The summed E-state index contributed by atoms with van der Waals surface area (Å²) in [6.07, 6.45) is 0. The average Bonchev–Trinajstić information content (AvgIpc) is 1.98. The van der Waals surface area contributed by atoms with E-state index < -0.39 is 0 Å². The largest absolute Gasteiger partial charge is 0.370 e. The van der Waals surface area contributed by atoms with E-state index in [-0.39, 0.29) is 11.2 Å². The zero-order valence-electron chi connectivity index (χ0n) is 10.5. The van der Waals surface area contributed by atoms with Gasteiger partial charge in [0, 0.05) is 19.6 Å². The highest BCUT2D eigenvalue weighted by atomic mass is 16.5. The molecule has 4 nitrogen and oxygen atoms in total. The van der Waals surface area contributed by atoms with E-state index >= 15 is 0 Å². The van der Waals surface area contributed by atoms with Crippen molar-refractivity contribution in [2.24, 2.45) is 10.7 Å². The van der Waals surface area contributed by atoms with Gasteiger partial charge in [-0.25, -0.2) is 0 Å². The number of hydrogen-bond acceptors (Lipinski definition) is 2. The van der Waals surface area contributed by atoms with Gasteiger partial charge in [-0.1, -0.05) is 0 Å². The molecule has 0 aromatic rings. The lowest BCUT2D eigenvalue weighted by molar-refractivity contribution is -0.167. The Kier molecular flexibility index (Phi) is 3.28. The van der Waals surface area contributed by atoms with E-state index in [4.69, 9.17) is 10.5 Å². The molecule has 0 amide bonds. The molecule has 1 aliphatic heterocycles. The lowest BCUT2D eigenvalue weighted by Gasteiger charge is -2.47. The van der Waals surface area contributed by atoms with Gasteiger partial charge >= 0.3 is 0 Å². The monoisotopic (exact) mass is 213 g/mol. The molecule has 0 unspecified atom stereocenters. The molecule has 1 aliphatic rings. The number of nitrogens with two attached hydrogens (primary N) is 1. The van der Waals surface area contributed by atoms with Gasteiger partial charge in [0.15, 0.2) is 5.96 Å². The van der Waals surface area contributed by atoms with Gasteiger partial charge in [-0.2, -0.15) is 0 Å². The van der Waals surface area contributed by atoms with Gasteiger partial charge < -0.3 is 15.4 Å². The first-order chi connectivity index (χ1) is 6.76. The van der Waals surface area contributed by atoms with E-state index in [0.717, 1.165) is 19.6 Å². The van der Waals surface area contributed by atoms with Crippen molar-refractivity contribution >= 4 is 5.96 Å². The van der Waals surface area contributed by atoms with Crippen LogP contribution in [0.15, 0.2) is 4.99 Å². The molecule has 15 heavy (non-hydrogen) atoms. The van der Waals surface area contributed by atoms with Gasteiger partial charge in [-0.15, -0.1) is 0 Å². The predicted molar refractivity (Wildman–Crippen MR) is 63.0 cm³/mol. The van der Waals surface area contributed by atoms with Crippen molar-refractivity contribution in [2.75, 3.05) is 19.6 Å². The second-order valence-electron chi connectivity index (χ2n) is 5.31. The van der Waals surface area contributed by atoms with Crippen LogP contribution in [0.1, 0.15) is 34.6 Å². The van der Waals surface area contributed by atoms with Crippen molar-refractivity contribution in [2.45, 2.75) is 45.8 Å². The topological polar surface area (TPSA) is 50.8 Å². The first kappa shape index (κ1) is 12.3. The highest BCUT2D eigenvalue weighted by Crippen LogP contribution is 2.27. The summed E-state index contributed by atoms with van der Waals surface area (Å²) >= 11 is 0. The number of rotatable bonds is 1. The molecule has 0 aromatic heterocycles. The quantitative estimate of drug-likeness (QED) is 0.526. The fraction of sp³-hybridized carbons (Fsp3) is 0.909. The Hall–Kier alpha value is -0.770. The van der Waals surface area contributed by atoms with Crippen LogP contribution in [0.2, 0.25) is 0 Å². The maximum Gasteiger partial charge on any atom is 0.191 e. The minimum Gasteiger partial charge on any atom is -0.370 e. The fourth-order valence-electron chi connectivity index (χ4n) is 2.21. The summed E-state index contributed by atoms with van der Waals surface area (Å²) in [7, 11) is 0. The van der Waals surface area contributed by atoms with Crippen molar-refractivity contribution in [1.82, 2.24) is 4.90 Å². The second kappa shape index (κ2) is 4.00. The van der Waals surface area contributed by atoms with Crippen LogP contribution < -0.4 is 5.73 Å². The second-order valence-corrected chi connectivity index (χ2v) is 5.31. The lowest BCUT2D eigenvalue weighted by atomic mass is 9.99. The zero-order valence-corrected chi connectivity index (χ0v) is 10.5. The summed E-state index contributed by atoms with van der Waals surface area (Å²) in [5, 5.41) is 0. The third kappa shape index (κ3) is 3.38. The number of guanidine groups is 1. The van der Waals surface area contributed by atoms with Crippen LogP contribution in [-0.4, -0.2) is 41.7 Å². The molecule has 0 atom stereocenters. The van der Waals surface area contributed by atoms with Crippen molar-refractivity contribution in [3.63, 3.8) is 0 Å². The molecule has 1 fully saturated rings. The molecular weight excluding hydrogens is 190 g/mol. The zero-order chi connectivity index (χ0) is 11.7. The molecule has 0 saturated carbocycles. The molecule has 88 valence electrons. The minimum atomic E-state index is -0.171. The normalized spacial score (nSPS) is 25.4. The number of aliphatic imine (C=N–C) groups is 1. The lowest BCUT2D eigenvalue weighted by Crippen LogP contribution is -2.60. The molecule has 0 radical (unpaired) electrons. The summed E-state index contributed by atoms with van der Waals surface area (Å²) in [4.78, 5) is 6.35. The van der Waals surface area contributed by atoms with Crippen molar-refractivity contribution in [3.8, 4) is 0 Å². The fourth-order valence-corrected chi connectivity index (χ4v) is 2.21. The van der Waals surface area contributed by atoms with Crippen molar-refractivity contribution in [1.29, 1.82) is 0 Å².